The van der Waals surface area contributed by atoms with E-state index >= 15 is 0 Å². The number of nitrogens with two attached hydrogens (primary N) is 1. The molecule has 1 aromatic heterocycles. The van der Waals surface area contributed by atoms with Gasteiger partial charge in [0.25, 0.3) is 0 Å². The van der Waals surface area contributed by atoms with Gasteiger partial charge in [0, 0.05) is 12.6 Å². The number of ether oxygens (including phenoxy) is 1. The first-order valence-corrected chi connectivity index (χ1v) is 6.81. The van der Waals surface area contributed by atoms with Gasteiger partial charge in [-0.15, -0.1) is 0 Å². The Morgan fingerprint density at radius 1 is 1.53 bits per heavy atom. The minimum atomic E-state index is -0.843. The zero-order chi connectivity index (χ0) is 13.5. The monoisotopic (exact) mass is 264 g/mol. The summed E-state index contributed by atoms with van der Waals surface area (Å²) in [6, 6.07) is 4.16. The first kappa shape index (κ1) is 12.7. The Labute approximate surface area is 112 Å². The van der Waals surface area contributed by atoms with Crippen molar-refractivity contribution in [2.24, 2.45) is 5.73 Å². The van der Waals surface area contributed by atoms with Crippen molar-refractivity contribution in [1.29, 1.82) is 0 Å². The van der Waals surface area contributed by atoms with Crippen molar-refractivity contribution in [2.45, 2.75) is 44.3 Å². The molecule has 2 N–H and O–H groups in total. The summed E-state index contributed by atoms with van der Waals surface area (Å²) in [5, 5.41) is 0. The van der Waals surface area contributed by atoms with Gasteiger partial charge in [0.1, 0.15) is 17.1 Å². The molecular formula is C14H20N2O3. The van der Waals surface area contributed by atoms with Gasteiger partial charge in [0.2, 0.25) is 5.91 Å². The highest BCUT2D eigenvalue weighted by atomic mass is 16.5. The molecule has 3 rings (SSSR count). The van der Waals surface area contributed by atoms with E-state index in [1.807, 2.05) is 24.0 Å². The molecule has 1 amide bonds. The maximum atomic E-state index is 12.6. The van der Waals surface area contributed by atoms with Gasteiger partial charge in [-0.2, -0.15) is 0 Å². The van der Waals surface area contributed by atoms with Gasteiger partial charge in [-0.3, -0.25) is 4.79 Å². The smallest absolute Gasteiger partial charge is 0.245 e. The van der Waals surface area contributed by atoms with Gasteiger partial charge in [0.05, 0.1) is 13.2 Å². The van der Waals surface area contributed by atoms with E-state index in [9.17, 15) is 4.79 Å². The zero-order valence-electron chi connectivity index (χ0n) is 11.2. The molecule has 0 spiro atoms. The Morgan fingerprint density at radius 3 is 2.84 bits per heavy atom. The van der Waals surface area contributed by atoms with E-state index in [0.29, 0.717) is 32.2 Å². The number of hydrogen-bond acceptors (Lipinski definition) is 4. The Bertz CT molecular complexity index is 473. The van der Waals surface area contributed by atoms with Crippen LogP contribution in [0, 0.1) is 6.92 Å². The van der Waals surface area contributed by atoms with Gasteiger partial charge in [-0.05, 0) is 38.3 Å². The van der Waals surface area contributed by atoms with Crippen LogP contribution in [0.25, 0.3) is 0 Å². The third-order valence-corrected chi connectivity index (χ3v) is 3.85. The lowest BCUT2D eigenvalue weighted by molar-refractivity contribution is -0.138. The number of rotatable bonds is 4. The summed E-state index contributed by atoms with van der Waals surface area (Å²) in [4.78, 5) is 14.5. The third-order valence-electron chi connectivity index (χ3n) is 3.85. The lowest BCUT2D eigenvalue weighted by atomic mass is 9.98. The third kappa shape index (κ3) is 2.53. The molecule has 19 heavy (non-hydrogen) atoms. The first-order chi connectivity index (χ1) is 9.08. The van der Waals surface area contributed by atoms with E-state index in [1.54, 1.807) is 0 Å². The van der Waals surface area contributed by atoms with Crippen LogP contribution in [0.4, 0.5) is 0 Å². The van der Waals surface area contributed by atoms with Gasteiger partial charge >= 0.3 is 0 Å². The summed E-state index contributed by atoms with van der Waals surface area (Å²) in [5.74, 6) is 1.69. The highest BCUT2D eigenvalue weighted by molar-refractivity contribution is 5.87. The molecular weight excluding hydrogens is 244 g/mol. The topological polar surface area (TPSA) is 68.7 Å². The number of aryl methyl sites for hydroxylation is 1. The summed E-state index contributed by atoms with van der Waals surface area (Å²) < 4.78 is 10.9. The van der Waals surface area contributed by atoms with E-state index in [1.165, 1.54) is 0 Å². The molecule has 2 aliphatic rings. The minimum absolute atomic E-state index is 0.00144. The average Bonchev–Trinajstić information content (AvgIpc) is 3.00. The summed E-state index contributed by atoms with van der Waals surface area (Å²) in [7, 11) is 0. The number of nitrogens with zero attached hydrogens (tertiary/aromatic N) is 1. The average molecular weight is 264 g/mol. The van der Waals surface area contributed by atoms with Crippen LogP contribution < -0.4 is 5.73 Å². The quantitative estimate of drug-likeness (QED) is 0.887. The molecule has 104 valence electrons. The molecule has 1 aliphatic carbocycles. The molecule has 1 saturated carbocycles. The molecule has 0 radical (unpaired) electrons. The maximum Gasteiger partial charge on any atom is 0.245 e. The predicted molar refractivity (Wildman–Crippen MR) is 69.4 cm³/mol. The van der Waals surface area contributed by atoms with Crippen molar-refractivity contribution >= 4 is 5.91 Å². The molecule has 0 aromatic carbocycles. The number of carbonyl (C=O) groups is 1. The second-order valence-corrected chi connectivity index (χ2v) is 5.64. The van der Waals surface area contributed by atoms with Crippen molar-refractivity contribution in [1.82, 2.24) is 4.90 Å². The summed E-state index contributed by atoms with van der Waals surface area (Å²) in [5.41, 5.74) is 5.34. The Hall–Kier alpha value is -1.33. The van der Waals surface area contributed by atoms with Crippen LogP contribution in [-0.4, -0.2) is 35.6 Å². The molecule has 0 bridgehead atoms. The summed E-state index contributed by atoms with van der Waals surface area (Å²) >= 11 is 0. The van der Waals surface area contributed by atoms with Gasteiger partial charge in [-0.1, -0.05) is 0 Å². The van der Waals surface area contributed by atoms with Crippen LogP contribution in [0.2, 0.25) is 0 Å². The second-order valence-electron chi connectivity index (χ2n) is 5.64. The molecule has 5 heteroatoms. The van der Waals surface area contributed by atoms with Crippen LogP contribution in [0.1, 0.15) is 30.8 Å². The molecule has 1 atom stereocenters. The molecule has 1 aliphatic heterocycles. The van der Waals surface area contributed by atoms with Crippen molar-refractivity contribution in [3.63, 3.8) is 0 Å². The normalized spacial score (nSPS) is 26.6. The van der Waals surface area contributed by atoms with Crippen LogP contribution >= 0.6 is 0 Å². The van der Waals surface area contributed by atoms with Gasteiger partial charge < -0.3 is 19.8 Å². The highest BCUT2D eigenvalue weighted by Crippen LogP contribution is 2.32. The van der Waals surface area contributed by atoms with E-state index < -0.39 is 5.54 Å². The molecule has 1 saturated heterocycles. The van der Waals surface area contributed by atoms with Crippen molar-refractivity contribution < 1.29 is 13.9 Å². The van der Waals surface area contributed by atoms with E-state index in [0.717, 1.165) is 24.4 Å². The number of carbonyl (C=O) groups excluding carboxylic acids is 1. The Balaban J connectivity index is 1.75. The van der Waals surface area contributed by atoms with Gasteiger partial charge in [-0.25, -0.2) is 0 Å². The fraction of sp³-hybridized carbons (Fsp3) is 0.643. The van der Waals surface area contributed by atoms with Crippen molar-refractivity contribution in [3.05, 3.63) is 23.7 Å². The molecule has 2 heterocycles. The minimum Gasteiger partial charge on any atom is -0.464 e. The Kier molecular flexibility index (Phi) is 3.11. The van der Waals surface area contributed by atoms with E-state index in [2.05, 4.69) is 0 Å². The maximum absolute atomic E-state index is 12.6. The molecule has 2 fully saturated rings. The summed E-state index contributed by atoms with van der Waals surface area (Å²) in [6.45, 7) is 3.31. The SMILES string of the molecule is Cc1ccc(CN(C(=O)C2(N)CCOC2)C2CC2)o1. The zero-order valence-corrected chi connectivity index (χ0v) is 11.2. The number of amides is 1. The number of furan rings is 1. The standard InChI is InChI=1S/C14H20N2O3/c1-10-2-5-12(19-10)8-16(11-3-4-11)13(17)14(15)6-7-18-9-14/h2,5,11H,3-4,6-9,15H2,1H3. The predicted octanol–water partition coefficient (Wildman–Crippen LogP) is 1.20. The van der Waals surface area contributed by atoms with Crippen LogP contribution in [-0.2, 0) is 16.1 Å². The van der Waals surface area contributed by atoms with E-state index in [-0.39, 0.29) is 5.91 Å². The fourth-order valence-corrected chi connectivity index (χ4v) is 2.53. The first-order valence-electron chi connectivity index (χ1n) is 6.81. The van der Waals surface area contributed by atoms with Crippen molar-refractivity contribution in [2.75, 3.05) is 13.2 Å². The van der Waals surface area contributed by atoms with E-state index in [4.69, 9.17) is 14.9 Å². The fourth-order valence-electron chi connectivity index (χ4n) is 2.53. The largest absolute Gasteiger partial charge is 0.464 e. The van der Waals surface area contributed by atoms with Crippen LogP contribution in [0.5, 0.6) is 0 Å². The van der Waals surface area contributed by atoms with Crippen LogP contribution in [0.3, 0.4) is 0 Å². The molecule has 5 nitrogen and oxygen atoms in total. The molecule has 1 unspecified atom stereocenters. The highest BCUT2D eigenvalue weighted by Gasteiger charge is 2.45. The van der Waals surface area contributed by atoms with Crippen LogP contribution in [0.15, 0.2) is 16.5 Å². The summed E-state index contributed by atoms with van der Waals surface area (Å²) in [6.07, 6.45) is 2.72. The Morgan fingerprint density at radius 2 is 2.32 bits per heavy atom. The van der Waals surface area contributed by atoms with Crippen molar-refractivity contribution in [3.8, 4) is 0 Å². The second kappa shape index (κ2) is 4.65. The lowest BCUT2D eigenvalue weighted by Gasteiger charge is -2.30. The number of hydrogen-bond donors (Lipinski definition) is 1. The lowest BCUT2D eigenvalue weighted by Crippen LogP contribution is -2.56. The van der Waals surface area contributed by atoms with Gasteiger partial charge in [0.15, 0.2) is 0 Å². The molecule has 1 aromatic rings.